The summed E-state index contributed by atoms with van der Waals surface area (Å²) < 4.78 is 0. The van der Waals surface area contributed by atoms with Gasteiger partial charge in [0.1, 0.15) is 0 Å². The molecule has 0 amide bonds. The lowest BCUT2D eigenvalue weighted by Crippen LogP contribution is -2.13. The van der Waals surface area contributed by atoms with Crippen LogP contribution < -0.4 is 5.73 Å². The van der Waals surface area contributed by atoms with Crippen LogP contribution in [0.4, 0.5) is 0 Å². The van der Waals surface area contributed by atoms with E-state index in [1.54, 1.807) is 0 Å². The molecule has 14 heavy (non-hydrogen) atoms. The highest BCUT2D eigenvalue weighted by molar-refractivity contribution is 5.66. The molecule has 2 nitrogen and oxygen atoms in total. The predicted octanol–water partition coefficient (Wildman–Crippen LogP) is 2.59. The van der Waals surface area contributed by atoms with Crippen molar-refractivity contribution >= 4 is 5.70 Å². The zero-order valence-corrected chi connectivity index (χ0v) is 8.59. The van der Waals surface area contributed by atoms with E-state index in [1.165, 1.54) is 24.8 Å². The molecule has 0 aliphatic heterocycles. The Labute approximate surface area is 84.9 Å². The van der Waals surface area contributed by atoms with E-state index >= 15 is 0 Å². The molecule has 0 unspecified atom stereocenters. The molecule has 0 spiro atoms. The zero-order valence-electron chi connectivity index (χ0n) is 8.59. The lowest BCUT2D eigenvalue weighted by Gasteiger charge is -2.28. The van der Waals surface area contributed by atoms with Gasteiger partial charge in [0.2, 0.25) is 0 Å². The molecule has 2 heteroatoms. The van der Waals surface area contributed by atoms with Gasteiger partial charge in [-0.3, -0.25) is 4.98 Å². The summed E-state index contributed by atoms with van der Waals surface area (Å²) in [7, 11) is 0. The first-order valence-electron chi connectivity index (χ1n) is 5.09. The first-order chi connectivity index (χ1) is 6.70. The minimum atomic E-state index is 0.665. The highest BCUT2D eigenvalue weighted by Gasteiger charge is 2.23. The maximum Gasteiger partial charge on any atom is 0.0321 e. The van der Waals surface area contributed by atoms with Crippen LogP contribution in [0.15, 0.2) is 19.0 Å². The van der Waals surface area contributed by atoms with E-state index < -0.39 is 0 Å². The second kappa shape index (κ2) is 3.45. The van der Waals surface area contributed by atoms with E-state index in [-0.39, 0.29) is 0 Å². The number of hydrogen-bond acceptors (Lipinski definition) is 2. The predicted molar refractivity (Wildman–Crippen MR) is 58.8 cm³/mol. The first kappa shape index (κ1) is 9.25. The Balaban J connectivity index is 2.46. The average molecular weight is 188 g/mol. The van der Waals surface area contributed by atoms with E-state index in [0.29, 0.717) is 11.6 Å². The van der Waals surface area contributed by atoms with Gasteiger partial charge in [-0.05, 0) is 36.8 Å². The topological polar surface area (TPSA) is 38.9 Å². The zero-order chi connectivity index (χ0) is 10.1. The van der Waals surface area contributed by atoms with E-state index in [9.17, 15) is 0 Å². The SMILES string of the molecule is C=C(N)c1c(C)cncc1C1CCC1. The molecule has 1 aromatic heterocycles. The molecule has 74 valence electrons. The van der Waals surface area contributed by atoms with Crippen molar-refractivity contribution in [2.45, 2.75) is 32.1 Å². The number of aryl methyl sites for hydroxylation is 1. The van der Waals surface area contributed by atoms with Crippen molar-refractivity contribution in [3.05, 3.63) is 35.7 Å². The highest BCUT2D eigenvalue weighted by atomic mass is 14.7. The molecule has 0 radical (unpaired) electrons. The molecule has 1 aromatic rings. The summed E-state index contributed by atoms with van der Waals surface area (Å²) in [5.74, 6) is 0.665. The number of aromatic nitrogens is 1. The van der Waals surface area contributed by atoms with Crippen molar-refractivity contribution in [3.8, 4) is 0 Å². The van der Waals surface area contributed by atoms with Crippen LogP contribution >= 0.6 is 0 Å². The summed E-state index contributed by atoms with van der Waals surface area (Å²) in [6.45, 7) is 5.88. The molecule has 2 N–H and O–H groups in total. The summed E-state index contributed by atoms with van der Waals surface area (Å²) in [5, 5.41) is 0. The summed E-state index contributed by atoms with van der Waals surface area (Å²) in [6.07, 6.45) is 7.67. The monoisotopic (exact) mass is 188 g/mol. The molecule has 2 rings (SSSR count). The smallest absolute Gasteiger partial charge is 0.0321 e. The first-order valence-corrected chi connectivity index (χ1v) is 5.09. The number of nitrogens with two attached hydrogens (primary N) is 1. The lowest BCUT2D eigenvalue weighted by atomic mass is 9.78. The fraction of sp³-hybridized carbons (Fsp3) is 0.417. The van der Waals surface area contributed by atoms with Gasteiger partial charge >= 0.3 is 0 Å². The van der Waals surface area contributed by atoms with Gasteiger partial charge < -0.3 is 5.73 Å². The van der Waals surface area contributed by atoms with Crippen LogP contribution in [0.2, 0.25) is 0 Å². The maximum absolute atomic E-state index is 5.81. The number of nitrogens with zero attached hydrogens (tertiary/aromatic N) is 1. The minimum Gasteiger partial charge on any atom is -0.399 e. The van der Waals surface area contributed by atoms with E-state index in [4.69, 9.17) is 5.73 Å². The van der Waals surface area contributed by atoms with Crippen molar-refractivity contribution in [1.82, 2.24) is 4.98 Å². The quantitative estimate of drug-likeness (QED) is 0.774. The molecule has 1 heterocycles. The van der Waals surface area contributed by atoms with Crippen LogP contribution in [0.25, 0.3) is 5.70 Å². The van der Waals surface area contributed by atoms with Crippen LogP contribution in [0.3, 0.4) is 0 Å². The third-order valence-corrected chi connectivity index (χ3v) is 3.03. The molecule has 1 aliphatic carbocycles. The normalized spacial score (nSPS) is 16.4. The van der Waals surface area contributed by atoms with Gasteiger partial charge in [0.05, 0.1) is 0 Å². The maximum atomic E-state index is 5.81. The van der Waals surface area contributed by atoms with Crippen LogP contribution in [-0.2, 0) is 0 Å². The minimum absolute atomic E-state index is 0.665. The molecule has 0 bridgehead atoms. The molecule has 0 aromatic carbocycles. The second-order valence-electron chi connectivity index (χ2n) is 4.07. The van der Waals surface area contributed by atoms with Crippen molar-refractivity contribution < 1.29 is 0 Å². The van der Waals surface area contributed by atoms with Gasteiger partial charge in [-0.2, -0.15) is 0 Å². The molecule has 1 fully saturated rings. The summed E-state index contributed by atoms with van der Waals surface area (Å²) in [4.78, 5) is 4.23. The number of hydrogen-bond donors (Lipinski definition) is 1. The second-order valence-corrected chi connectivity index (χ2v) is 4.07. The van der Waals surface area contributed by atoms with Crippen molar-refractivity contribution in [2.75, 3.05) is 0 Å². The van der Waals surface area contributed by atoms with Crippen LogP contribution in [0.5, 0.6) is 0 Å². The summed E-state index contributed by atoms with van der Waals surface area (Å²) >= 11 is 0. The Morgan fingerprint density at radius 3 is 2.71 bits per heavy atom. The van der Waals surface area contributed by atoms with Gasteiger partial charge in [0.25, 0.3) is 0 Å². The number of rotatable bonds is 2. The highest BCUT2D eigenvalue weighted by Crippen LogP contribution is 2.39. The molecule has 0 atom stereocenters. The van der Waals surface area contributed by atoms with E-state index in [2.05, 4.69) is 11.6 Å². The molecular formula is C12H16N2. The molecule has 1 aliphatic rings. The van der Waals surface area contributed by atoms with Gasteiger partial charge in [-0.1, -0.05) is 13.0 Å². The van der Waals surface area contributed by atoms with Gasteiger partial charge in [0, 0.05) is 23.7 Å². The summed E-state index contributed by atoms with van der Waals surface area (Å²) in [5.41, 5.74) is 10.0. The molecule has 1 saturated carbocycles. The van der Waals surface area contributed by atoms with Crippen LogP contribution in [-0.4, -0.2) is 4.98 Å². The largest absolute Gasteiger partial charge is 0.399 e. The Bertz CT molecular complexity index is 365. The average Bonchev–Trinajstić information content (AvgIpc) is 1.99. The molecular weight excluding hydrogens is 172 g/mol. The van der Waals surface area contributed by atoms with E-state index in [1.807, 2.05) is 19.3 Å². The van der Waals surface area contributed by atoms with Crippen LogP contribution in [0.1, 0.15) is 41.9 Å². The van der Waals surface area contributed by atoms with Crippen LogP contribution in [0, 0.1) is 6.92 Å². The third-order valence-electron chi connectivity index (χ3n) is 3.03. The van der Waals surface area contributed by atoms with Gasteiger partial charge in [-0.25, -0.2) is 0 Å². The third kappa shape index (κ3) is 1.41. The van der Waals surface area contributed by atoms with E-state index in [0.717, 1.165) is 11.1 Å². The van der Waals surface area contributed by atoms with Gasteiger partial charge in [-0.15, -0.1) is 0 Å². The standard InChI is InChI=1S/C12H16N2/c1-8-6-14-7-11(10-4-3-5-10)12(8)9(2)13/h6-7,10H,2-5,13H2,1H3. The number of pyridine rings is 1. The Morgan fingerprint density at radius 2 is 2.21 bits per heavy atom. The Hall–Kier alpha value is -1.31. The van der Waals surface area contributed by atoms with Crippen molar-refractivity contribution in [1.29, 1.82) is 0 Å². The molecule has 0 saturated heterocycles. The Morgan fingerprint density at radius 1 is 1.50 bits per heavy atom. The van der Waals surface area contributed by atoms with Crippen molar-refractivity contribution in [3.63, 3.8) is 0 Å². The Kier molecular flexibility index (Phi) is 2.28. The fourth-order valence-electron chi connectivity index (χ4n) is 2.05. The van der Waals surface area contributed by atoms with Gasteiger partial charge in [0.15, 0.2) is 0 Å². The lowest BCUT2D eigenvalue weighted by molar-refractivity contribution is 0.418. The fourth-order valence-corrected chi connectivity index (χ4v) is 2.05. The summed E-state index contributed by atoms with van der Waals surface area (Å²) in [6, 6.07) is 0. The van der Waals surface area contributed by atoms with Crippen molar-refractivity contribution in [2.24, 2.45) is 5.73 Å².